The number of hydrogen-bond donors (Lipinski definition) is 0. The van der Waals surface area contributed by atoms with Crippen molar-refractivity contribution in [3.63, 3.8) is 0 Å². The SMILES string of the molecule is COCCN1CCC(c2cnc(N3C(=O)OCC3C)cn2)CC1. The fraction of sp³-hybridized carbons (Fsp3) is 0.688. The van der Waals surface area contributed by atoms with Gasteiger partial charge in [-0.3, -0.25) is 9.88 Å². The Hall–Kier alpha value is -1.73. The molecule has 3 rings (SSSR count). The Kier molecular flexibility index (Phi) is 5.07. The standard InChI is InChI=1S/C16H24N4O3/c1-12-11-23-16(21)20(12)15-10-17-14(9-18-15)13-3-5-19(6-4-13)7-8-22-2/h9-10,12-13H,3-8,11H2,1-2H3. The third kappa shape index (κ3) is 3.61. The third-order valence-corrected chi connectivity index (χ3v) is 4.61. The highest BCUT2D eigenvalue weighted by molar-refractivity contribution is 5.88. The van der Waals surface area contributed by atoms with Crippen LogP contribution in [0.25, 0.3) is 0 Å². The molecule has 2 fully saturated rings. The van der Waals surface area contributed by atoms with Gasteiger partial charge in [-0.2, -0.15) is 0 Å². The highest BCUT2D eigenvalue weighted by Gasteiger charge is 2.32. The number of likely N-dealkylation sites (tertiary alicyclic amines) is 1. The molecular weight excluding hydrogens is 296 g/mol. The lowest BCUT2D eigenvalue weighted by atomic mass is 9.94. The van der Waals surface area contributed by atoms with E-state index in [-0.39, 0.29) is 12.1 Å². The molecule has 2 aliphatic rings. The van der Waals surface area contributed by atoms with Crippen LogP contribution in [-0.2, 0) is 9.47 Å². The van der Waals surface area contributed by atoms with Crippen molar-refractivity contribution in [3.05, 3.63) is 18.1 Å². The minimum absolute atomic E-state index is 0.00618. The van der Waals surface area contributed by atoms with E-state index in [1.165, 1.54) is 0 Å². The topological polar surface area (TPSA) is 67.8 Å². The molecule has 0 spiro atoms. The van der Waals surface area contributed by atoms with Crippen molar-refractivity contribution in [2.45, 2.75) is 31.7 Å². The minimum atomic E-state index is -0.342. The molecule has 0 N–H and O–H groups in total. The number of amides is 1. The second kappa shape index (κ2) is 7.23. The molecule has 2 saturated heterocycles. The van der Waals surface area contributed by atoms with Crippen LogP contribution in [-0.4, -0.2) is 67.0 Å². The second-order valence-corrected chi connectivity index (χ2v) is 6.20. The molecule has 1 aromatic rings. The average molecular weight is 320 g/mol. The van der Waals surface area contributed by atoms with Gasteiger partial charge in [-0.05, 0) is 32.9 Å². The van der Waals surface area contributed by atoms with Crippen LogP contribution in [0.3, 0.4) is 0 Å². The minimum Gasteiger partial charge on any atom is -0.447 e. The van der Waals surface area contributed by atoms with E-state index in [2.05, 4.69) is 14.9 Å². The first kappa shape index (κ1) is 16.1. The van der Waals surface area contributed by atoms with Crippen LogP contribution in [0.5, 0.6) is 0 Å². The predicted molar refractivity (Wildman–Crippen MR) is 85.6 cm³/mol. The molecule has 0 bridgehead atoms. The van der Waals surface area contributed by atoms with E-state index in [1.807, 2.05) is 13.1 Å². The molecular formula is C16H24N4O3. The molecule has 1 amide bonds. The number of cyclic esters (lactones) is 1. The van der Waals surface area contributed by atoms with Gasteiger partial charge in [0.2, 0.25) is 0 Å². The quantitative estimate of drug-likeness (QED) is 0.822. The zero-order chi connectivity index (χ0) is 16.2. The van der Waals surface area contributed by atoms with Crippen LogP contribution < -0.4 is 4.90 Å². The largest absolute Gasteiger partial charge is 0.447 e. The Morgan fingerprint density at radius 3 is 2.65 bits per heavy atom. The van der Waals surface area contributed by atoms with E-state index in [0.717, 1.165) is 44.8 Å². The molecule has 1 aromatic heterocycles. The van der Waals surface area contributed by atoms with Gasteiger partial charge in [0, 0.05) is 19.6 Å². The van der Waals surface area contributed by atoms with Gasteiger partial charge in [0.25, 0.3) is 0 Å². The van der Waals surface area contributed by atoms with Crippen molar-refractivity contribution in [2.24, 2.45) is 0 Å². The molecule has 7 nitrogen and oxygen atoms in total. The van der Waals surface area contributed by atoms with Crippen molar-refractivity contribution in [2.75, 3.05) is 44.9 Å². The number of carbonyl (C=O) groups is 1. The molecule has 2 aliphatic heterocycles. The number of rotatable bonds is 5. The molecule has 0 saturated carbocycles. The number of carbonyl (C=O) groups excluding carboxylic acids is 1. The maximum atomic E-state index is 11.7. The highest BCUT2D eigenvalue weighted by Crippen LogP contribution is 2.27. The van der Waals surface area contributed by atoms with Gasteiger partial charge in [0.1, 0.15) is 6.61 Å². The first-order chi connectivity index (χ1) is 11.2. The zero-order valence-electron chi connectivity index (χ0n) is 13.8. The summed E-state index contributed by atoms with van der Waals surface area (Å²) in [5.41, 5.74) is 1.01. The first-order valence-electron chi connectivity index (χ1n) is 8.18. The average Bonchev–Trinajstić information content (AvgIpc) is 2.92. The lowest BCUT2D eigenvalue weighted by Gasteiger charge is -2.31. The van der Waals surface area contributed by atoms with Crippen LogP contribution in [0.4, 0.5) is 10.6 Å². The van der Waals surface area contributed by atoms with Gasteiger partial charge in [-0.15, -0.1) is 0 Å². The van der Waals surface area contributed by atoms with E-state index < -0.39 is 0 Å². The van der Waals surface area contributed by atoms with Gasteiger partial charge in [0.05, 0.1) is 30.7 Å². The summed E-state index contributed by atoms with van der Waals surface area (Å²) in [5.74, 6) is 1.01. The number of piperidine rings is 1. The number of hydrogen-bond acceptors (Lipinski definition) is 6. The summed E-state index contributed by atoms with van der Waals surface area (Å²) in [4.78, 5) is 24.7. The number of nitrogens with zero attached hydrogens (tertiary/aromatic N) is 4. The van der Waals surface area contributed by atoms with E-state index in [0.29, 0.717) is 18.3 Å². The molecule has 7 heteroatoms. The zero-order valence-corrected chi connectivity index (χ0v) is 13.8. The Balaban J connectivity index is 1.59. The lowest BCUT2D eigenvalue weighted by Crippen LogP contribution is -2.35. The summed E-state index contributed by atoms with van der Waals surface area (Å²) in [6.45, 7) is 6.24. The van der Waals surface area contributed by atoms with Crippen molar-refractivity contribution in [3.8, 4) is 0 Å². The fourth-order valence-corrected chi connectivity index (χ4v) is 3.17. The fourth-order valence-electron chi connectivity index (χ4n) is 3.17. The van der Waals surface area contributed by atoms with Crippen molar-refractivity contribution >= 4 is 11.9 Å². The molecule has 1 atom stereocenters. The van der Waals surface area contributed by atoms with Crippen LogP contribution in [0.2, 0.25) is 0 Å². The predicted octanol–water partition coefficient (Wildman–Crippen LogP) is 1.65. The molecule has 1 unspecified atom stereocenters. The van der Waals surface area contributed by atoms with Crippen LogP contribution in [0.1, 0.15) is 31.4 Å². The number of anilines is 1. The Labute approximate surface area is 136 Å². The van der Waals surface area contributed by atoms with E-state index in [4.69, 9.17) is 9.47 Å². The van der Waals surface area contributed by atoms with Gasteiger partial charge in [-0.25, -0.2) is 9.78 Å². The molecule has 0 aliphatic carbocycles. The number of ether oxygens (including phenoxy) is 2. The van der Waals surface area contributed by atoms with Crippen molar-refractivity contribution < 1.29 is 14.3 Å². The Morgan fingerprint density at radius 1 is 1.30 bits per heavy atom. The summed E-state index contributed by atoms with van der Waals surface area (Å²) in [5, 5.41) is 0. The van der Waals surface area contributed by atoms with E-state index in [9.17, 15) is 4.79 Å². The Bertz CT molecular complexity index is 529. The highest BCUT2D eigenvalue weighted by atomic mass is 16.6. The Morgan fingerprint density at radius 2 is 2.09 bits per heavy atom. The normalized spacial score (nSPS) is 23.3. The van der Waals surface area contributed by atoms with Gasteiger partial charge in [0.15, 0.2) is 5.82 Å². The van der Waals surface area contributed by atoms with Crippen molar-refractivity contribution in [1.29, 1.82) is 0 Å². The molecule has 23 heavy (non-hydrogen) atoms. The second-order valence-electron chi connectivity index (χ2n) is 6.20. The molecule has 0 radical (unpaired) electrons. The summed E-state index contributed by atoms with van der Waals surface area (Å²) >= 11 is 0. The molecule has 3 heterocycles. The third-order valence-electron chi connectivity index (χ3n) is 4.61. The van der Waals surface area contributed by atoms with Crippen LogP contribution in [0, 0.1) is 0 Å². The number of aromatic nitrogens is 2. The van der Waals surface area contributed by atoms with E-state index >= 15 is 0 Å². The summed E-state index contributed by atoms with van der Waals surface area (Å²) < 4.78 is 10.2. The maximum Gasteiger partial charge on any atom is 0.415 e. The van der Waals surface area contributed by atoms with Crippen LogP contribution in [0.15, 0.2) is 12.4 Å². The monoisotopic (exact) mass is 320 g/mol. The summed E-state index contributed by atoms with van der Waals surface area (Å²) in [6.07, 6.45) is 5.32. The summed E-state index contributed by atoms with van der Waals surface area (Å²) in [6, 6.07) is 0.00618. The van der Waals surface area contributed by atoms with Gasteiger partial charge in [-0.1, -0.05) is 0 Å². The smallest absolute Gasteiger partial charge is 0.415 e. The first-order valence-corrected chi connectivity index (χ1v) is 8.18. The van der Waals surface area contributed by atoms with Gasteiger partial charge >= 0.3 is 6.09 Å². The number of methoxy groups -OCH3 is 1. The van der Waals surface area contributed by atoms with Crippen molar-refractivity contribution in [1.82, 2.24) is 14.9 Å². The molecule has 0 aromatic carbocycles. The van der Waals surface area contributed by atoms with Gasteiger partial charge < -0.3 is 14.4 Å². The van der Waals surface area contributed by atoms with E-state index in [1.54, 1.807) is 18.2 Å². The summed E-state index contributed by atoms with van der Waals surface area (Å²) in [7, 11) is 1.74. The lowest BCUT2D eigenvalue weighted by molar-refractivity contribution is 0.130. The van der Waals surface area contributed by atoms with Crippen LogP contribution >= 0.6 is 0 Å². The molecule has 126 valence electrons. The maximum absolute atomic E-state index is 11.7.